The van der Waals surface area contributed by atoms with Gasteiger partial charge in [0.2, 0.25) is 5.91 Å². The van der Waals surface area contributed by atoms with Gasteiger partial charge >= 0.3 is 5.97 Å². The highest BCUT2D eigenvalue weighted by Crippen LogP contribution is 2.20. The highest BCUT2D eigenvalue weighted by molar-refractivity contribution is 5.88. The summed E-state index contributed by atoms with van der Waals surface area (Å²) in [6, 6.07) is -0.195. The molecule has 1 N–H and O–H groups in total. The lowest BCUT2D eigenvalue weighted by atomic mass is 10.2. The fourth-order valence-corrected chi connectivity index (χ4v) is 1.76. The number of nitrogens with zero attached hydrogens (tertiary/aromatic N) is 3. The van der Waals surface area contributed by atoms with Gasteiger partial charge in [-0.1, -0.05) is 5.21 Å². The van der Waals surface area contributed by atoms with Gasteiger partial charge in [-0.05, 0) is 33.6 Å². The van der Waals surface area contributed by atoms with E-state index in [9.17, 15) is 9.59 Å². The Bertz CT molecular complexity index is 493. The van der Waals surface area contributed by atoms with Crippen molar-refractivity contribution in [2.75, 3.05) is 6.61 Å². The third-order valence-corrected chi connectivity index (χ3v) is 3.07. The van der Waals surface area contributed by atoms with Crippen LogP contribution in [0.3, 0.4) is 0 Å². The minimum absolute atomic E-state index is 0.106. The zero-order valence-electron chi connectivity index (χ0n) is 11.3. The van der Waals surface area contributed by atoms with Gasteiger partial charge in [0, 0.05) is 6.04 Å². The molecule has 0 aliphatic heterocycles. The second-order valence-electron chi connectivity index (χ2n) is 4.65. The van der Waals surface area contributed by atoms with Crippen molar-refractivity contribution in [2.24, 2.45) is 0 Å². The molecule has 1 atom stereocenters. The van der Waals surface area contributed by atoms with Crippen molar-refractivity contribution in [3.63, 3.8) is 0 Å². The van der Waals surface area contributed by atoms with Crippen LogP contribution in [-0.4, -0.2) is 39.5 Å². The molecule has 1 aromatic heterocycles. The lowest BCUT2D eigenvalue weighted by Gasteiger charge is -2.13. The van der Waals surface area contributed by atoms with E-state index < -0.39 is 12.0 Å². The van der Waals surface area contributed by atoms with E-state index in [2.05, 4.69) is 15.6 Å². The predicted molar refractivity (Wildman–Crippen MR) is 66.6 cm³/mol. The number of carbonyl (C=O) groups is 2. The molecule has 0 radical (unpaired) electrons. The van der Waals surface area contributed by atoms with Crippen molar-refractivity contribution < 1.29 is 14.3 Å². The maximum Gasteiger partial charge on any atom is 0.360 e. The SMILES string of the molecule is CCOC(=O)c1nnn(C(C)C(=O)NC2CC2)c1C. The minimum atomic E-state index is -0.513. The summed E-state index contributed by atoms with van der Waals surface area (Å²) >= 11 is 0. The van der Waals surface area contributed by atoms with E-state index in [4.69, 9.17) is 4.74 Å². The highest BCUT2D eigenvalue weighted by Gasteiger charge is 2.28. The van der Waals surface area contributed by atoms with Crippen LogP contribution < -0.4 is 5.32 Å². The number of nitrogens with one attached hydrogen (secondary N) is 1. The Morgan fingerprint density at radius 1 is 1.53 bits per heavy atom. The zero-order chi connectivity index (χ0) is 14.0. The van der Waals surface area contributed by atoms with Crippen molar-refractivity contribution in [1.29, 1.82) is 0 Å². The van der Waals surface area contributed by atoms with Gasteiger partial charge in [-0.3, -0.25) is 4.79 Å². The number of hydrogen-bond donors (Lipinski definition) is 1. The molecule has 104 valence electrons. The third kappa shape index (κ3) is 2.91. The summed E-state index contributed by atoms with van der Waals surface area (Å²) in [6.45, 7) is 5.44. The van der Waals surface area contributed by atoms with Gasteiger partial charge < -0.3 is 10.1 Å². The molecule has 1 fully saturated rings. The highest BCUT2D eigenvalue weighted by atomic mass is 16.5. The first-order valence-corrected chi connectivity index (χ1v) is 6.43. The van der Waals surface area contributed by atoms with Gasteiger partial charge in [-0.15, -0.1) is 5.10 Å². The molecule has 0 bridgehead atoms. The second kappa shape index (κ2) is 5.38. The maximum atomic E-state index is 11.9. The third-order valence-electron chi connectivity index (χ3n) is 3.07. The van der Waals surface area contributed by atoms with Crippen molar-refractivity contribution in [2.45, 2.75) is 45.7 Å². The number of carbonyl (C=O) groups excluding carboxylic acids is 2. The molecule has 1 amide bonds. The first-order valence-electron chi connectivity index (χ1n) is 6.43. The lowest BCUT2D eigenvalue weighted by Crippen LogP contribution is -2.33. The van der Waals surface area contributed by atoms with Gasteiger partial charge in [0.05, 0.1) is 12.3 Å². The summed E-state index contributed by atoms with van der Waals surface area (Å²) in [5.41, 5.74) is 0.699. The molecular weight excluding hydrogens is 248 g/mol. The first-order chi connectivity index (χ1) is 9.04. The number of aromatic nitrogens is 3. The Hall–Kier alpha value is -1.92. The molecule has 7 heteroatoms. The molecule has 0 saturated heterocycles. The molecule has 1 aromatic rings. The van der Waals surface area contributed by atoms with E-state index in [1.54, 1.807) is 20.8 Å². The van der Waals surface area contributed by atoms with Crippen molar-refractivity contribution in [3.05, 3.63) is 11.4 Å². The lowest BCUT2D eigenvalue weighted by molar-refractivity contribution is -0.124. The molecule has 0 aromatic carbocycles. The zero-order valence-corrected chi connectivity index (χ0v) is 11.3. The van der Waals surface area contributed by atoms with E-state index in [0.29, 0.717) is 11.7 Å². The standard InChI is InChI=1S/C12H18N4O3/c1-4-19-12(18)10-7(2)16(15-14-10)8(3)11(17)13-9-5-6-9/h8-9H,4-6H2,1-3H3,(H,13,17). The molecule has 1 heterocycles. The van der Waals surface area contributed by atoms with Gasteiger partial charge in [-0.25, -0.2) is 9.48 Å². The Morgan fingerprint density at radius 3 is 2.79 bits per heavy atom. The molecule has 1 unspecified atom stereocenters. The smallest absolute Gasteiger partial charge is 0.360 e. The number of esters is 1. The summed E-state index contributed by atoms with van der Waals surface area (Å²) in [6.07, 6.45) is 2.06. The van der Waals surface area contributed by atoms with Gasteiger partial charge in [0.1, 0.15) is 6.04 Å². The molecule has 1 aliphatic carbocycles. The number of rotatable bonds is 5. The van der Waals surface area contributed by atoms with Crippen LogP contribution in [0.1, 0.15) is 48.9 Å². The van der Waals surface area contributed by atoms with Crippen LogP contribution >= 0.6 is 0 Å². The van der Waals surface area contributed by atoms with Crippen LogP contribution in [0, 0.1) is 6.92 Å². The summed E-state index contributed by atoms with van der Waals surface area (Å²) in [5, 5.41) is 10.6. The Kier molecular flexibility index (Phi) is 3.82. The Balaban J connectivity index is 2.11. The van der Waals surface area contributed by atoms with Gasteiger partial charge in [-0.2, -0.15) is 0 Å². The fourth-order valence-electron chi connectivity index (χ4n) is 1.76. The molecule has 7 nitrogen and oxygen atoms in total. The molecular formula is C12H18N4O3. The summed E-state index contributed by atoms with van der Waals surface area (Å²) in [4.78, 5) is 23.6. The average molecular weight is 266 g/mol. The van der Waals surface area contributed by atoms with Crippen LogP contribution in [0.25, 0.3) is 0 Å². The van der Waals surface area contributed by atoms with E-state index in [-0.39, 0.29) is 18.2 Å². The van der Waals surface area contributed by atoms with Crippen LogP contribution in [0.2, 0.25) is 0 Å². The Labute approximate surface area is 111 Å². The molecule has 2 rings (SSSR count). The van der Waals surface area contributed by atoms with Crippen LogP contribution in [0.5, 0.6) is 0 Å². The molecule has 1 saturated carbocycles. The summed E-state index contributed by atoms with van der Waals surface area (Å²) in [5.74, 6) is -0.619. The number of hydrogen-bond acceptors (Lipinski definition) is 5. The monoisotopic (exact) mass is 266 g/mol. The van der Waals surface area contributed by atoms with E-state index >= 15 is 0 Å². The fraction of sp³-hybridized carbons (Fsp3) is 0.667. The van der Waals surface area contributed by atoms with Crippen molar-refractivity contribution in [1.82, 2.24) is 20.3 Å². The largest absolute Gasteiger partial charge is 0.461 e. The van der Waals surface area contributed by atoms with Gasteiger partial charge in [0.15, 0.2) is 5.69 Å². The molecule has 19 heavy (non-hydrogen) atoms. The summed E-state index contributed by atoms with van der Waals surface area (Å²) in [7, 11) is 0. The first kappa shape index (κ1) is 13.5. The quantitative estimate of drug-likeness (QED) is 0.789. The van der Waals surface area contributed by atoms with E-state index in [1.807, 2.05) is 0 Å². The van der Waals surface area contributed by atoms with Crippen molar-refractivity contribution in [3.8, 4) is 0 Å². The number of ether oxygens (including phenoxy) is 1. The predicted octanol–water partition coefficient (Wildman–Crippen LogP) is 0.603. The molecule has 1 aliphatic rings. The van der Waals surface area contributed by atoms with E-state index in [0.717, 1.165) is 12.8 Å². The number of amides is 1. The van der Waals surface area contributed by atoms with Crippen molar-refractivity contribution >= 4 is 11.9 Å². The normalized spacial score (nSPS) is 15.9. The van der Waals surface area contributed by atoms with E-state index in [1.165, 1.54) is 4.68 Å². The Morgan fingerprint density at radius 2 is 2.21 bits per heavy atom. The maximum absolute atomic E-state index is 11.9. The van der Waals surface area contributed by atoms with Crippen LogP contribution in [0.4, 0.5) is 0 Å². The van der Waals surface area contributed by atoms with Gasteiger partial charge in [0.25, 0.3) is 0 Å². The van der Waals surface area contributed by atoms with Crippen LogP contribution in [0.15, 0.2) is 0 Å². The topological polar surface area (TPSA) is 86.1 Å². The second-order valence-corrected chi connectivity index (χ2v) is 4.65. The summed E-state index contributed by atoms with van der Waals surface area (Å²) < 4.78 is 6.33. The average Bonchev–Trinajstić information content (AvgIpc) is 3.09. The van der Waals surface area contributed by atoms with Crippen LogP contribution in [-0.2, 0) is 9.53 Å². The minimum Gasteiger partial charge on any atom is -0.461 e. The molecule has 0 spiro atoms.